The van der Waals surface area contributed by atoms with E-state index in [0.29, 0.717) is 18.2 Å². The van der Waals surface area contributed by atoms with Crippen molar-refractivity contribution in [1.29, 1.82) is 0 Å². The van der Waals surface area contributed by atoms with Gasteiger partial charge in [0.05, 0.1) is 24.0 Å². The molecule has 0 spiro atoms. The lowest BCUT2D eigenvalue weighted by Gasteiger charge is -2.16. The molecule has 2 aromatic heterocycles. The van der Waals surface area contributed by atoms with E-state index in [9.17, 15) is 9.59 Å². The van der Waals surface area contributed by atoms with Crippen molar-refractivity contribution in [1.82, 2.24) is 19.5 Å². The number of carbonyl (C=O) groups is 2. The molecular weight excluding hydrogens is 344 g/mol. The van der Waals surface area contributed by atoms with E-state index in [-0.39, 0.29) is 18.2 Å². The summed E-state index contributed by atoms with van der Waals surface area (Å²) in [5, 5.41) is 2.80. The number of aromatic nitrogens is 4. The van der Waals surface area contributed by atoms with E-state index in [1.165, 1.54) is 0 Å². The maximum atomic E-state index is 12.5. The highest BCUT2D eigenvalue weighted by atomic mass is 16.2. The van der Waals surface area contributed by atoms with Gasteiger partial charge in [-0.25, -0.2) is 15.0 Å². The van der Waals surface area contributed by atoms with Crippen molar-refractivity contribution in [3.8, 4) is 5.95 Å². The van der Waals surface area contributed by atoms with Gasteiger partial charge in [-0.1, -0.05) is 18.2 Å². The van der Waals surface area contributed by atoms with E-state index in [0.717, 1.165) is 11.5 Å². The number of aryl methyl sites for hydroxylation is 1. The van der Waals surface area contributed by atoms with Crippen LogP contribution in [0.4, 0.5) is 11.4 Å². The minimum atomic E-state index is -0.409. The van der Waals surface area contributed by atoms with Gasteiger partial charge in [-0.3, -0.25) is 14.2 Å². The molecule has 0 saturated carbocycles. The molecule has 8 nitrogen and oxygen atoms in total. The minimum absolute atomic E-state index is 0.0523. The van der Waals surface area contributed by atoms with Gasteiger partial charge in [0.1, 0.15) is 5.82 Å². The smallest absolute Gasteiger partial charge is 0.235 e. The van der Waals surface area contributed by atoms with Gasteiger partial charge in [0, 0.05) is 31.0 Å². The van der Waals surface area contributed by atoms with Crippen LogP contribution in [-0.4, -0.2) is 37.9 Å². The maximum Gasteiger partial charge on any atom is 0.235 e. The first-order chi connectivity index (χ1) is 13.1. The Morgan fingerprint density at radius 2 is 1.89 bits per heavy atom. The maximum absolute atomic E-state index is 12.5. The van der Waals surface area contributed by atoms with Crippen molar-refractivity contribution in [2.24, 2.45) is 5.92 Å². The summed E-state index contributed by atoms with van der Waals surface area (Å²) in [5.74, 6) is 0.584. The quantitative estimate of drug-likeness (QED) is 0.766. The predicted octanol–water partition coefficient (Wildman–Crippen LogP) is 1.96. The molecule has 1 atom stereocenters. The van der Waals surface area contributed by atoms with Crippen LogP contribution in [0.15, 0.2) is 55.1 Å². The Bertz CT molecular complexity index is 967. The third-order valence-corrected chi connectivity index (χ3v) is 4.51. The largest absolute Gasteiger partial charge is 0.323 e. The fourth-order valence-electron chi connectivity index (χ4n) is 3.08. The fourth-order valence-corrected chi connectivity index (χ4v) is 3.08. The summed E-state index contributed by atoms with van der Waals surface area (Å²) < 4.78 is 1.75. The number of nitrogens with one attached hydrogen (secondary N) is 1. The van der Waals surface area contributed by atoms with Gasteiger partial charge in [0.15, 0.2) is 0 Å². The third-order valence-electron chi connectivity index (χ3n) is 4.51. The Balaban J connectivity index is 1.42. The molecule has 1 aromatic carbocycles. The zero-order chi connectivity index (χ0) is 18.8. The van der Waals surface area contributed by atoms with Crippen LogP contribution in [0.25, 0.3) is 5.95 Å². The molecule has 4 rings (SSSR count). The number of benzene rings is 1. The number of hydrogen-bond donors (Lipinski definition) is 1. The number of nitrogens with zero attached hydrogens (tertiary/aromatic N) is 5. The normalized spacial score (nSPS) is 16.6. The molecule has 2 amide bonds. The summed E-state index contributed by atoms with van der Waals surface area (Å²) in [6.07, 6.45) is 6.72. The number of rotatable bonds is 4. The van der Waals surface area contributed by atoms with Gasteiger partial charge in [-0.2, -0.15) is 0 Å². The molecule has 1 aliphatic heterocycles. The zero-order valence-electron chi connectivity index (χ0n) is 14.7. The van der Waals surface area contributed by atoms with E-state index in [1.54, 1.807) is 34.3 Å². The van der Waals surface area contributed by atoms with Gasteiger partial charge in [-0.05, 0) is 19.1 Å². The summed E-state index contributed by atoms with van der Waals surface area (Å²) in [6, 6.07) is 9.36. The molecular formula is C19H18N6O2. The minimum Gasteiger partial charge on any atom is -0.323 e. The summed E-state index contributed by atoms with van der Waals surface area (Å²) in [4.78, 5) is 39.1. The van der Waals surface area contributed by atoms with Crippen LogP contribution >= 0.6 is 0 Å². The van der Waals surface area contributed by atoms with E-state index >= 15 is 0 Å². The van der Waals surface area contributed by atoms with Gasteiger partial charge < -0.3 is 10.2 Å². The molecule has 0 bridgehead atoms. The molecule has 8 heteroatoms. The number of hydrogen-bond acceptors (Lipinski definition) is 5. The zero-order valence-corrected chi connectivity index (χ0v) is 14.7. The lowest BCUT2D eigenvalue weighted by Crippen LogP contribution is -2.28. The summed E-state index contributed by atoms with van der Waals surface area (Å²) >= 11 is 0. The van der Waals surface area contributed by atoms with Crippen molar-refractivity contribution in [2.75, 3.05) is 16.8 Å². The molecule has 136 valence electrons. The van der Waals surface area contributed by atoms with Crippen molar-refractivity contribution < 1.29 is 9.59 Å². The lowest BCUT2D eigenvalue weighted by atomic mass is 10.1. The molecule has 1 N–H and O–H groups in total. The average Bonchev–Trinajstić information content (AvgIpc) is 3.29. The number of imidazole rings is 1. The Kier molecular flexibility index (Phi) is 4.37. The summed E-state index contributed by atoms with van der Waals surface area (Å²) in [5.41, 5.74) is 1.30. The van der Waals surface area contributed by atoms with Crippen LogP contribution in [0.1, 0.15) is 12.2 Å². The van der Waals surface area contributed by atoms with Gasteiger partial charge >= 0.3 is 0 Å². The monoisotopic (exact) mass is 362 g/mol. The fraction of sp³-hybridized carbons (Fsp3) is 0.211. The molecule has 1 unspecified atom stereocenters. The Hall–Kier alpha value is -3.55. The summed E-state index contributed by atoms with van der Waals surface area (Å²) in [6.45, 7) is 2.22. The molecule has 0 aliphatic carbocycles. The first-order valence-corrected chi connectivity index (χ1v) is 8.60. The van der Waals surface area contributed by atoms with Gasteiger partial charge in [0.2, 0.25) is 17.8 Å². The number of amides is 2. The topological polar surface area (TPSA) is 93.0 Å². The Labute approximate surface area is 155 Å². The van der Waals surface area contributed by atoms with Crippen LogP contribution in [0, 0.1) is 12.8 Å². The molecule has 0 radical (unpaired) electrons. The van der Waals surface area contributed by atoms with Crippen LogP contribution in [0.2, 0.25) is 0 Å². The van der Waals surface area contributed by atoms with Crippen LogP contribution in [0.3, 0.4) is 0 Å². The van der Waals surface area contributed by atoms with E-state index < -0.39 is 5.92 Å². The standard InChI is InChI=1S/C19H18N6O2/c1-13-20-7-8-24(13)19-21-10-15(11-22-19)23-18(27)14-9-17(26)25(12-14)16-5-3-2-4-6-16/h2-8,10-11,14H,9,12H2,1H3,(H,23,27). The van der Waals surface area contributed by atoms with Crippen molar-refractivity contribution in [3.63, 3.8) is 0 Å². The van der Waals surface area contributed by atoms with Crippen molar-refractivity contribution >= 4 is 23.2 Å². The van der Waals surface area contributed by atoms with E-state index in [2.05, 4.69) is 20.3 Å². The first-order valence-electron chi connectivity index (χ1n) is 8.60. The number of para-hydroxylation sites is 1. The van der Waals surface area contributed by atoms with E-state index in [1.807, 2.05) is 37.3 Å². The van der Waals surface area contributed by atoms with Crippen molar-refractivity contribution in [3.05, 3.63) is 60.9 Å². The highest BCUT2D eigenvalue weighted by molar-refractivity contribution is 6.03. The molecule has 3 aromatic rings. The predicted molar refractivity (Wildman–Crippen MR) is 99.4 cm³/mol. The van der Waals surface area contributed by atoms with Crippen LogP contribution in [-0.2, 0) is 9.59 Å². The number of anilines is 2. The SMILES string of the molecule is Cc1nccn1-c1ncc(NC(=O)C2CC(=O)N(c3ccccc3)C2)cn1. The second kappa shape index (κ2) is 6.99. The lowest BCUT2D eigenvalue weighted by molar-refractivity contribution is -0.122. The van der Waals surface area contributed by atoms with Gasteiger partial charge in [0.25, 0.3) is 0 Å². The highest BCUT2D eigenvalue weighted by Crippen LogP contribution is 2.25. The molecule has 1 saturated heterocycles. The Morgan fingerprint density at radius 3 is 2.56 bits per heavy atom. The first kappa shape index (κ1) is 16.9. The van der Waals surface area contributed by atoms with Crippen molar-refractivity contribution in [2.45, 2.75) is 13.3 Å². The summed E-state index contributed by atoms with van der Waals surface area (Å²) in [7, 11) is 0. The average molecular weight is 362 g/mol. The van der Waals surface area contributed by atoms with Gasteiger partial charge in [-0.15, -0.1) is 0 Å². The van der Waals surface area contributed by atoms with Crippen LogP contribution in [0.5, 0.6) is 0 Å². The molecule has 1 aliphatic rings. The molecule has 27 heavy (non-hydrogen) atoms. The second-order valence-electron chi connectivity index (χ2n) is 6.35. The Morgan fingerprint density at radius 1 is 1.15 bits per heavy atom. The number of carbonyl (C=O) groups excluding carboxylic acids is 2. The van der Waals surface area contributed by atoms with E-state index in [4.69, 9.17) is 0 Å². The highest BCUT2D eigenvalue weighted by Gasteiger charge is 2.35. The second-order valence-corrected chi connectivity index (χ2v) is 6.35. The molecule has 1 fully saturated rings. The molecule has 3 heterocycles. The van der Waals surface area contributed by atoms with Crippen LogP contribution < -0.4 is 10.2 Å². The third kappa shape index (κ3) is 3.41.